The van der Waals surface area contributed by atoms with Crippen LogP contribution in [0, 0.1) is 10.1 Å². The number of hydrogen-bond donors (Lipinski definition) is 1. The van der Waals surface area contributed by atoms with Crippen molar-refractivity contribution in [2.75, 3.05) is 20.0 Å². The van der Waals surface area contributed by atoms with Crippen LogP contribution in [0.4, 0.5) is 10.5 Å². The Morgan fingerprint density at radius 1 is 1.26 bits per heavy atom. The largest absolute Gasteiger partial charge is 0.511 e. The van der Waals surface area contributed by atoms with Crippen LogP contribution in [-0.2, 0) is 9.47 Å². The Bertz CT molecular complexity index is 402. The number of nitrogens with zero attached hydrogens (tertiary/aromatic N) is 1. The molecule has 0 aromatic heterocycles. The van der Waals surface area contributed by atoms with Crippen LogP contribution in [0.25, 0.3) is 0 Å². The highest BCUT2D eigenvalue weighted by atomic mass is 16.7. The predicted octanol–water partition coefficient (Wildman–Crippen LogP) is 2.03. The van der Waals surface area contributed by atoms with Crippen molar-refractivity contribution in [3.63, 3.8) is 0 Å². The highest BCUT2D eigenvalue weighted by Crippen LogP contribution is 2.17. The average molecular weight is 271 g/mol. The van der Waals surface area contributed by atoms with Gasteiger partial charge in [-0.1, -0.05) is 0 Å². The van der Waals surface area contributed by atoms with E-state index in [1.807, 2.05) is 0 Å². The average Bonchev–Trinajstić information content (AvgIpc) is 2.41. The number of rotatable bonds is 2. The van der Waals surface area contributed by atoms with Crippen LogP contribution in [-0.4, -0.2) is 36.2 Å². The number of non-ortho nitro benzene ring substituents is 1. The minimum atomic E-state index is -1.45. The van der Waals surface area contributed by atoms with E-state index in [-0.39, 0.29) is 11.4 Å². The molecule has 0 bridgehead atoms. The summed E-state index contributed by atoms with van der Waals surface area (Å²) in [5.41, 5.74) is -0.113. The molecule has 19 heavy (non-hydrogen) atoms. The lowest BCUT2D eigenvalue weighted by Gasteiger charge is -2.09. The summed E-state index contributed by atoms with van der Waals surface area (Å²) in [6, 6.07) is 4.76. The Hall–Kier alpha value is -2.19. The van der Waals surface area contributed by atoms with Crippen LogP contribution in [0.15, 0.2) is 24.3 Å². The molecule has 0 amide bonds. The van der Waals surface area contributed by atoms with E-state index in [1.165, 1.54) is 12.1 Å². The van der Waals surface area contributed by atoms with E-state index in [9.17, 15) is 14.9 Å². The van der Waals surface area contributed by atoms with E-state index in [2.05, 4.69) is 4.74 Å². The number of carboxylic acid groups (broad SMARTS) is 1. The van der Waals surface area contributed by atoms with Gasteiger partial charge in [-0.15, -0.1) is 0 Å². The SMILES string of the molecule is C1COCOC1.O=C(O)Oc1ccc([N+](=O)[O-])cc1. The highest BCUT2D eigenvalue weighted by molar-refractivity contribution is 5.61. The third kappa shape index (κ3) is 6.34. The van der Waals surface area contributed by atoms with Crippen LogP contribution in [0.5, 0.6) is 5.75 Å². The first-order chi connectivity index (χ1) is 9.09. The van der Waals surface area contributed by atoms with Crippen molar-refractivity contribution in [2.24, 2.45) is 0 Å². The third-order valence-electron chi connectivity index (χ3n) is 2.00. The molecule has 0 radical (unpaired) electrons. The van der Waals surface area contributed by atoms with Gasteiger partial charge in [0.1, 0.15) is 12.5 Å². The number of nitro groups is 1. The summed E-state index contributed by atoms with van der Waals surface area (Å²) in [5.74, 6) is 0.0538. The van der Waals surface area contributed by atoms with Crippen molar-refractivity contribution >= 4 is 11.8 Å². The van der Waals surface area contributed by atoms with Gasteiger partial charge in [0.05, 0.1) is 18.1 Å². The van der Waals surface area contributed by atoms with E-state index in [4.69, 9.17) is 14.6 Å². The maximum Gasteiger partial charge on any atom is 0.511 e. The summed E-state index contributed by atoms with van der Waals surface area (Å²) < 4.78 is 13.9. The van der Waals surface area contributed by atoms with Crippen LogP contribution >= 0.6 is 0 Å². The Morgan fingerprint density at radius 3 is 2.16 bits per heavy atom. The van der Waals surface area contributed by atoms with Gasteiger partial charge in [0, 0.05) is 12.1 Å². The zero-order chi connectivity index (χ0) is 14.1. The fourth-order valence-corrected chi connectivity index (χ4v) is 1.18. The van der Waals surface area contributed by atoms with Gasteiger partial charge in [-0.25, -0.2) is 4.79 Å². The second kappa shape index (κ2) is 8.01. The molecule has 1 heterocycles. The Kier molecular flexibility index (Phi) is 6.27. The molecule has 0 unspecified atom stereocenters. The second-order valence-corrected chi connectivity index (χ2v) is 3.41. The van der Waals surface area contributed by atoms with Gasteiger partial charge in [-0.2, -0.15) is 0 Å². The van der Waals surface area contributed by atoms with Crippen molar-refractivity contribution in [3.05, 3.63) is 34.4 Å². The van der Waals surface area contributed by atoms with Gasteiger partial charge < -0.3 is 19.3 Å². The Morgan fingerprint density at radius 2 is 1.84 bits per heavy atom. The van der Waals surface area contributed by atoms with Gasteiger partial charge in [0.2, 0.25) is 0 Å². The minimum Gasteiger partial charge on any atom is -0.449 e. The van der Waals surface area contributed by atoms with Gasteiger partial charge >= 0.3 is 6.16 Å². The Labute approximate surface area is 108 Å². The summed E-state index contributed by atoms with van der Waals surface area (Å²) in [5, 5.41) is 18.4. The van der Waals surface area contributed by atoms with Gasteiger partial charge in [0.25, 0.3) is 5.69 Å². The normalized spacial score (nSPS) is 13.9. The summed E-state index contributed by atoms with van der Waals surface area (Å²) in [6.07, 6.45) is -0.395. The molecule has 0 atom stereocenters. The van der Waals surface area contributed by atoms with Gasteiger partial charge in [-0.3, -0.25) is 10.1 Å². The maximum atomic E-state index is 10.2. The van der Waals surface area contributed by atoms with Crippen molar-refractivity contribution in [1.29, 1.82) is 0 Å². The number of benzene rings is 1. The molecule has 1 aliphatic heterocycles. The van der Waals surface area contributed by atoms with Crippen molar-refractivity contribution in [3.8, 4) is 5.75 Å². The topological polar surface area (TPSA) is 108 Å². The van der Waals surface area contributed by atoms with Gasteiger partial charge in [0.15, 0.2) is 0 Å². The summed E-state index contributed by atoms with van der Waals surface area (Å²) in [6.45, 7) is 2.25. The van der Waals surface area contributed by atoms with Gasteiger partial charge in [-0.05, 0) is 18.6 Å². The summed E-state index contributed by atoms with van der Waals surface area (Å²) >= 11 is 0. The van der Waals surface area contributed by atoms with Crippen molar-refractivity contribution in [2.45, 2.75) is 6.42 Å². The molecule has 8 nitrogen and oxygen atoms in total. The van der Waals surface area contributed by atoms with Crippen molar-refractivity contribution < 1.29 is 29.0 Å². The zero-order valence-corrected chi connectivity index (χ0v) is 9.98. The van der Waals surface area contributed by atoms with E-state index in [1.54, 1.807) is 0 Å². The van der Waals surface area contributed by atoms with Crippen LogP contribution in [0.3, 0.4) is 0 Å². The summed E-state index contributed by atoms with van der Waals surface area (Å²) in [7, 11) is 0. The molecule has 2 rings (SSSR count). The molecule has 104 valence electrons. The third-order valence-corrected chi connectivity index (χ3v) is 2.00. The predicted molar refractivity (Wildman–Crippen MR) is 63.1 cm³/mol. The van der Waals surface area contributed by atoms with E-state index in [0.29, 0.717) is 6.79 Å². The number of hydrogen-bond acceptors (Lipinski definition) is 6. The molecule has 8 heteroatoms. The lowest BCUT2D eigenvalue weighted by molar-refractivity contribution is -0.384. The molecule has 1 fully saturated rings. The van der Waals surface area contributed by atoms with Crippen LogP contribution in [0.1, 0.15) is 6.42 Å². The standard InChI is InChI=1S/C7H5NO5.C4H8O2/c9-7(10)13-6-3-1-5(2-4-6)8(11)12;1-2-5-4-6-3-1/h1-4H,(H,9,10);1-4H2. The smallest absolute Gasteiger partial charge is 0.449 e. The number of ether oxygens (including phenoxy) is 3. The summed E-state index contributed by atoms with van der Waals surface area (Å²) in [4.78, 5) is 19.6. The van der Waals surface area contributed by atoms with Crippen molar-refractivity contribution in [1.82, 2.24) is 0 Å². The number of nitro benzene ring substituents is 1. The molecule has 1 aromatic carbocycles. The molecule has 1 aromatic rings. The first-order valence-electron chi connectivity index (χ1n) is 5.40. The van der Waals surface area contributed by atoms with E-state index < -0.39 is 11.1 Å². The maximum absolute atomic E-state index is 10.2. The fraction of sp³-hybridized carbons (Fsp3) is 0.364. The monoisotopic (exact) mass is 271 g/mol. The Balaban J connectivity index is 0.000000250. The quantitative estimate of drug-likeness (QED) is 0.379. The molecule has 1 aliphatic rings. The second-order valence-electron chi connectivity index (χ2n) is 3.41. The lowest BCUT2D eigenvalue weighted by Crippen LogP contribution is -2.11. The fourth-order valence-electron chi connectivity index (χ4n) is 1.18. The first-order valence-corrected chi connectivity index (χ1v) is 5.40. The highest BCUT2D eigenvalue weighted by Gasteiger charge is 2.05. The molecule has 1 saturated heterocycles. The zero-order valence-electron chi connectivity index (χ0n) is 9.98. The molecule has 1 N–H and O–H groups in total. The molecular weight excluding hydrogens is 258 g/mol. The molecule has 0 saturated carbocycles. The van der Waals surface area contributed by atoms with E-state index in [0.717, 1.165) is 31.8 Å². The van der Waals surface area contributed by atoms with E-state index >= 15 is 0 Å². The number of carbonyl (C=O) groups is 1. The molecule has 0 spiro atoms. The van der Waals surface area contributed by atoms with Crippen LogP contribution < -0.4 is 4.74 Å². The first kappa shape index (κ1) is 14.9. The molecule has 0 aliphatic carbocycles. The lowest BCUT2D eigenvalue weighted by atomic mass is 10.3. The molecular formula is C11H13NO7. The minimum absolute atomic E-state index is 0.0538. The van der Waals surface area contributed by atoms with Crippen LogP contribution in [0.2, 0.25) is 0 Å².